The van der Waals surface area contributed by atoms with E-state index >= 15 is 0 Å². The average molecular weight is 445 g/mol. The number of esters is 1. The van der Waals surface area contributed by atoms with Gasteiger partial charge in [-0.05, 0) is 59.2 Å². The van der Waals surface area contributed by atoms with E-state index in [4.69, 9.17) is 14.2 Å². The Morgan fingerprint density at radius 3 is 2.03 bits per heavy atom. The van der Waals surface area contributed by atoms with Gasteiger partial charge in [0.25, 0.3) is 5.91 Å². The standard InChI is InChI=1S/C24H32N2O6/c1-9-32-24(29)21-14(4)20(15(5)25-21)22(27)16(6)26(13(2)3)23(28)17-10-18(30-7)12-19(11-17)31-8/h10-13,16,25H,9H2,1-8H3. The summed E-state index contributed by atoms with van der Waals surface area (Å²) in [7, 11) is 3.02. The molecule has 0 fully saturated rings. The predicted molar refractivity (Wildman–Crippen MR) is 121 cm³/mol. The number of hydrogen-bond acceptors (Lipinski definition) is 6. The largest absolute Gasteiger partial charge is 0.497 e. The van der Waals surface area contributed by atoms with E-state index in [2.05, 4.69) is 4.98 Å². The highest BCUT2D eigenvalue weighted by Crippen LogP contribution is 2.27. The molecule has 0 aliphatic heterocycles. The lowest BCUT2D eigenvalue weighted by Crippen LogP contribution is -2.47. The number of aromatic nitrogens is 1. The van der Waals surface area contributed by atoms with E-state index in [1.54, 1.807) is 45.9 Å². The quantitative estimate of drug-likeness (QED) is 0.465. The maximum Gasteiger partial charge on any atom is 0.355 e. The van der Waals surface area contributed by atoms with Crippen LogP contribution in [0.5, 0.6) is 11.5 Å². The monoisotopic (exact) mass is 444 g/mol. The van der Waals surface area contributed by atoms with Crippen LogP contribution in [0.2, 0.25) is 0 Å². The zero-order valence-corrected chi connectivity index (χ0v) is 20.0. The summed E-state index contributed by atoms with van der Waals surface area (Å²) < 4.78 is 15.6. The van der Waals surface area contributed by atoms with E-state index in [1.807, 2.05) is 13.8 Å². The van der Waals surface area contributed by atoms with Crippen LogP contribution in [0.15, 0.2) is 18.2 Å². The smallest absolute Gasteiger partial charge is 0.355 e. The van der Waals surface area contributed by atoms with Crippen LogP contribution in [0.4, 0.5) is 0 Å². The molecule has 0 saturated heterocycles. The van der Waals surface area contributed by atoms with Gasteiger partial charge >= 0.3 is 5.97 Å². The lowest BCUT2D eigenvalue weighted by atomic mass is 9.98. The fraction of sp³-hybridized carbons (Fsp3) is 0.458. The number of amides is 1. The van der Waals surface area contributed by atoms with E-state index in [1.165, 1.54) is 19.1 Å². The van der Waals surface area contributed by atoms with Crippen LogP contribution < -0.4 is 9.47 Å². The van der Waals surface area contributed by atoms with Crippen molar-refractivity contribution in [2.45, 2.75) is 53.6 Å². The van der Waals surface area contributed by atoms with Gasteiger partial charge in [0.2, 0.25) is 0 Å². The molecule has 32 heavy (non-hydrogen) atoms. The van der Waals surface area contributed by atoms with Crippen molar-refractivity contribution in [1.82, 2.24) is 9.88 Å². The zero-order valence-electron chi connectivity index (χ0n) is 20.0. The fourth-order valence-electron chi connectivity index (χ4n) is 3.80. The Bertz CT molecular complexity index is 986. The summed E-state index contributed by atoms with van der Waals surface area (Å²) in [5.74, 6) is -0.142. The maximum atomic E-state index is 13.5. The molecular formula is C24H32N2O6. The highest BCUT2D eigenvalue weighted by atomic mass is 16.5. The third-order valence-electron chi connectivity index (χ3n) is 5.35. The molecule has 8 nitrogen and oxygen atoms in total. The molecule has 1 heterocycles. The van der Waals surface area contributed by atoms with Gasteiger partial charge in [-0.2, -0.15) is 0 Å². The third kappa shape index (κ3) is 4.95. The number of carbonyl (C=O) groups is 3. The van der Waals surface area contributed by atoms with E-state index in [9.17, 15) is 14.4 Å². The number of methoxy groups -OCH3 is 2. The van der Waals surface area contributed by atoms with Crippen molar-refractivity contribution >= 4 is 17.7 Å². The summed E-state index contributed by atoms with van der Waals surface area (Å²) in [4.78, 5) is 43.6. The molecule has 1 atom stereocenters. The topological polar surface area (TPSA) is 97.9 Å². The van der Waals surface area contributed by atoms with Crippen molar-refractivity contribution in [2.75, 3.05) is 20.8 Å². The van der Waals surface area contributed by atoms with Gasteiger partial charge in [0, 0.05) is 28.9 Å². The Labute approximate surface area is 188 Å². The zero-order chi connectivity index (χ0) is 24.2. The highest BCUT2D eigenvalue weighted by molar-refractivity contribution is 6.07. The molecular weight excluding hydrogens is 412 g/mol. The van der Waals surface area contributed by atoms with Gasteiger partial charge in [-0.3, -0.25) is 9.59 Å². The predicted octanol–water partition coefficient (Wildman–Crippen LogP) is 3.95. The molecule has 0 bridgehead atoms. The second kappa shape index (κ2) is 10.3. The van der Waals surface area contributed by atoms with Crippen molar-refractivity contribution in [3.63, 3.8) is 0 Å². The van der Waals surface area contributed by atoms with E-state index in [-0.39, 0.29) is 30.0 Å². The number of nitrogens with one attached hydrogen (secondary N) is 1. The normalized spacial score (nSPS) is 11.8. The van der Waals surface area contributed by atoms with Crippen molar-refractivity contribution < 1.29 is 28.6 Å². The number of rotatable bonds is 9. The molecule has 1 amide bonds. The molecule has 0 spiro atoms. The van der Waals surface area contributed by atoms with Crippen molar-refractivity contribution in [3.05, 3.63) is 46.3 Å². The summed E-state index contributed by atoms with van der Waals surface area (Å²) in [6.45, 7) is 10.8. The molecule has 0 aliphatic rings. The lowest BCUT2D eigenvalue weighted by molar-refractivity contribution is 0.0518. The molecule has 2 rings (SSSR count). The first-order chi connectivity index (χ1) is 15.1. The van der Waals surface area contributed by atoms with Gasteiger partial charge in [0.1, 0.15) is 17.2 Å². The van der Waals surface area contributed by atoms with Gasteiger partial charge in [-0.25, -0.2) is 4.79 Å². The number of ketones is 1. The van der Waals surface area contributed by atoms with Crippen LogP contribution in [0.3, 0.4) is 0 Å². The van der Waals surface area contributed by atoms with Crippen molar-refractivity contribution in [2.24, 2.45) is 0 Å². The number of benzene rings is 1. The second-order valence-corrected chi connectivity index (χ2v) is 7.79. The molecule has 1 aromatic heterocycles. The van der Waals surface area contributed by atoms with Crippen LogP contribution >= 0.6 is 0 Å². The summed E-state index contributed by atoms with van der Waals surface area (Å²) in [6.07, 6.45) is 0. The Hall–Kier alpha value is -3.29. The van der Waals surface area contributed by atoms with E-state index < -0.39 is 12.0 Å². The summed E-state index contributed by atoms with van der Waals surface area (Å²) in [5.41, 5.74) is 2.06. The first kappa shape index (κ1) is 25.0. The van der Waals surface area contributed by atoms with Gasteiger partial charge in [0.15, 0.2) is 5.78 Å². The minimum atomic E-state index is -0.775. The van der Waals surface area contributed by atoms with Crippen LogP contribution in [0.1, 0.15) is 70.2 Å². The first-order valence-corrected chi connectivity index (χ1v) is 10.5. The summed E-state index contributed by atoms with van der Waals surface area (Å²) >= 11 is 0. The second-order valence-electron chi connectivity index (χ2n) is 7.79. The molecule has 0 aliphatic carbocycles. The molecule has 1 unspecified atom stereocenters. The number of aromatic amines is 1. The molecule has 174 valence electrons. The minimum Gasteiger partial charge on any atom is -0.497 e. The first-order valence-electron chi connectivity index (χ1n) is 10.5. The molecule has 8 heteroatoms. The molecule has 1 aromatic carbocycles. The van der Waals surface area contributed by atoms with Crippen LogP contribution in [0, 0.1) is 13.8 Å². The van der Waals surface area contributed by atoms with Crippen LogP contribution in [-0.4, -0.2) is 60.5 Å². The minimum absolute atomic E-state index is 0.232. The summed E-state index contributed by atoms with van der Waals surface area (Å²) in [6, 6.07) is 3.87. The van der Waals surface area contributed by atoms with Crippen LogP contribution in [-0.2, 0) is 4.74 Å². The Morgan fingerprint density at radius 1 is 1.00 bits per heavy atom. The number of H-pyrrole nitrogens is 1. The Balaban J connectivity index is 2.45. The number of nitrogens with zero attached hydrogens (tertiary/aromatic N) is 1. The molecule has 2 aromatic rings. The molecule has 1 N–H and O–H groups in total. The van der Waals surface area contributed by atoms with Crippen molar-refractivity contribution in [1.29, 1.82) is 0 Å². The van der Waals surface area contributed by atoms with Gasteiger partial charge < -0.3 is 24.1 Å². The number of Topliss-reactive ketones (excluding diaryl/α,β-unsaturated/α-hetero) is 1. The molecule has 0 saturated carbocycles. The SMILES string of the molecule is CCOC(=O)c1[nH]c(C)c(C(=O)C(C)N(C(=O)c2cc(OC)cc(OC)c2)C(C)C)c1C. The van der Waals surface area contributed by atoms with Gasteiger partial charge in [0.05, 0.1) is 26.9 Å². The summed E-state index contributed by atoms with van der Waals surface area (Å²) in [5, 5.41) is 0. The third-order valence-corrected chi connectivity index (χ3v) is 5.35. The average Bonchev–Trinajstić information content (AvgIpc) is 3.06. The highest BCUT2D eigenvalue weighted by Gasteiger charge is 2.33. The number of carbonyl (C=O) groups excluding carboxylic acids is 3. The van der Waals surface area contributed by atoms with Crippen LogP contribution in [0.25, 0.3) is 0 Å². The fourth-order valence-corrected chi connectivity index (χ4v) is 3.80. The Morgan fingerprint density at radius 2 is 1.56 bits per heavy atom. The molecule has 0 radical (unpaired) electrons. The van der Waals surface area contributed by atoms with E-state index in [0.29, 0.717) is 33.9 Å². The Kier molecular flexibility index (Phi) is 8.08. The number of hydrogen-bond donors (Lipinski definition) is 1. The van der Waals surface area contributed by atoms with E-state index in [0.717, 1.165) is 0 Å². The van der Waals surface area contributed by atoms with Gasteiger partial charge in [-0.15, -0.1) is 0 Å². The number of aryl methyl sites for hydroxylation is 1. The van der Waals surface area contributed by atoms with Crippen molar-refractivity contribution in [3.8, 4) is 11.5 Å². The lowest BCUT2D eigenvalue weighted by Gasteiger charge is -2.32. The number of ether oxygens (including phenoxy) is 3. The van der Waals surface area contributed by atoms with Gasteiger partial charge in [-0.1, -0.05) is 0 Å². The maximum absolute atomic E-state index is 13.5.